The van der Waals surface area contributed by atoms with Gasteiger partial charge in [0, 0.05) is 6.42 Å². The van der Waals surface area contributed by atoms with Crippen LogP contribution in [-0.4, -0.2) is 34.9 Å². The summed E-state index contributed by atoms with van der Waals surface area (Å²) >= 11 is 0. The van der Waals surface area contributed by atoms with Gasteiger partial charge in [0.05, 0.1) is 18.8 Å². The molecule has 4 nitrogen and oxygen atoms in total. The summed E-state index contributed by atoms with van der Waals surface area (Å²) in [6, 6.07) is -0.648. The SMILES string of the molecule is CC/C=C\C/C=C\C/C=C\C/C=C\C/C=C\C/C=C\C/C=C\C/C=C\CCCCCCCCCCCCCCCCC(=O)NC(CO)C(O)/C=C/CC/C=C/CCCCCCCCCCCCCCCCCCCCCCCCCC. The molecule has 1 amide bonds. The number of amides is 1. The van der Waals surface area contributed by atoms with Crippen molar-refractivity contribution in [3.63, 3.8) is 0 Å². The van der Waals surface area contributed by atoms with Gasteiger partial charge in [-0.15, -0.1) is 0 Å². The smallest absolute Gasteiger partial charge is 0.220 e. The number of nitrogens with one attached hydrogen (secondary N) is 1. The van der Waals surface area contributed by atoms with E-state index in [1.807, 2.05) is 6.08 Å². The lowest BCUT2D eigenvalue weighted by Crippen LogP contribution is -2.45. The molecule has 0 saturated carbocycles. The monoisotopic (exact) mass is 1120 g/mol. The molecule has 0 aliphatic heterocycles. The quantitative estimate of drug-likeness (QED) is 0.0420. The second-order valence-corrected chi connectivity index (χ2v) is 23.6. The average Bonchev–Trinajstić information content (AvgIpc) is 3.47. The van der Waals surface area contributed by atoms with Gasteiger partial charge in [0.15, 0.2) is 0 Å². The van der Waals surface area contributed by atoms with E-state index in [1.165, 1.54) is 238 Å². The van der Waals surface area contributed by atoms with Crippen molar-refractivity contribution in [3.8, 4) is 0 Å². The molecule has 0 aliphatic carbocycles. The zero-order valence-corrected chi connectivity index (χ0v) is 53.8. The molecule has 466 valence electrons. The number of carbonyl (C=O) groups excluding carboxylic acids is 1. The third-order valence-electron chi connectivity index (χ3n) is 15.7. The Bertz CT molecular complexity index is 1560. The topological polar surface area (TPSA) is 69.6 Å². The zero-order valence-electron chi connectivity index (χ0n) is 53.8. The first-order valence-corrected chi connectivity index (χ1v) is 35.2. The number of allylic oxidation sites excluding steroid dienone is 19. The van der Waals surface area contributed by atoms with Crippen LogP contribution in [0.5, 0.6) is 0 Å². The Labute approximate surface area is 505 Å². The van der Waals surface area contributed by atoms with Gasteiger partial charge >= 0.3 is 0 Å². The number of hydrogen-bond donors (Lipinski definition) is 3. The molecule has 0 aliphatic rings. The van der Waals surface area contributed by atoms with Gasteiger partial charge in [0.2, 0.25) is 5.91 Å². The van der Waals surface area contributed by atoms with E-state index in [0.29, 0.717) is 6.42 Å². The van der Waals surface area contributed by atoms with Gasteiger partial charge in [-0.1, -0.05) is 360 Å². The highest BCUT2D eigenvalue weighted by Gasteiger charge is 2.18. The van der Waals surface area contributed by atoms with Crippen molar-refractivity contribution < 1.29 is 15.0 Å². The molecule has 2 atom stereocenters. The maximum Gasteiger partial charge on any atom is 0.220 e. The van der Waals surface area contributed by atoms with Gasteiger partial charge in [-0.2, -0.15) is 0 Å². The lowest BCUT2D eigenvalue weighted by atomic mass is 10.0. The van der Waals surface area contributed by atoms with Crippen molar-refractivity contribution in [2.75, 3.05) is 6.61 Å². The summed E-state index contributed by atoms with van der Waals surface area (Å²) < 4.78 is 0. The van der Waals surface area contributed by atoms with E-state index in [9.17, 15) is 15.0 Å². The minimum atomic E-state index is -0.871. The molecule has 3 N–H and O–H groups in total. The molecule has 4 heteroatoms. The van der Waals surface area contributed by atoms with Crippen LogP contribution in [-0.2, 0) is 4.79 Å². The Hall–Kier alpha value is -3.21. The molecule has 0 aromatic carbocycles. The fourth-order valence-electron chi connectivity index (χ4n) is 10.4. The summed E-state index contributed by atoms with van der Waals surface area (Å²) in [5.41, 5.74) is 0. The summed E-state index contributed by atoms with van der Waals surface area (Å²) in [5, 5.41) is 23.3. The first-order chi connectivity index (χ1) is 40.2. The van der Waals surface area contributed by atoms with E-state index in [0.717, 1.165) is 83.5 Å². The number of rotatable bonds is 64. The molecule has 0 fully saturated rings. The third kappa shape index (κ3) is 67.5. The molecule has 2 unspecified atom stereocenters. The normalized spacial score (nSPS) is 13.5. The number of aliphatic hydroxyl groups is 2. The molecule has 0 saturated heterocycles. The Morgan fingerprint density at radius 2 is 0.556 bits per heavy atom. The predicted molar refractivity (Wildman–Crippen MR) is 363 cm³/mol. The first-order valence-electron chi connectivity index (χ1n) is 35.2. The van der Waals surface area contributed by atoms with E-state index in [-0.39, 0.29) is 12.5 Å². The molecule has 0 rings (SSSR count). The largest absolute Gasteiger partial charge is 0.394 e. The van der Waals surface area contributed by atoms with Crippen molar-refractivity contribution in [2.24, 2.45) is 0 Å². The minimum Gasteiger partial charge on any atom is -0.394 e. The van der Waals surface area contributed by atoms with Gasteiger partial charge in [0.25, 0.3) is 0 Å². The second-order valence-electron chi connectivity index (χ2n) is 23.6. The minimum absolute atomic E-state index is 0.0747. The van der Waals surface area contributed by atoms with E-state index < -0.39 is 12.1 Å². The van der Waals surface area contributed by atoms with Gasteiger partial charge in [-0.05, 0) is 96.3 Å². The highest BCUT2D eigenvalue weighted by Crippen LogP contribution is 2.18. The zero-order chi connectivity index (χ0) is 58.4. The van der Waals surface area contributed by atoms with E-state index >= 15 is 0 Å². The fourth-order valence-corrected chi connectivity index (χ4v) is 10.4. The van der Waals surface area contributed by atoms with Crippen molar-refractivity contribution in [3.05, 3.63) is 122 Å². The lowest BCUT2D eigenvalue weighted by Gasteiger charge is -2.19. The summed E-state index contributed by atoms with van der Waals surface area (Å²) in [5.74, 6) is -0.0747. The van der Waals surface area contributed by atoms with Crippen LogP contribution in [0.15, 0.2) is 122 Å². The van der Waals surface area contributed by atoms with Crippen molar-refractivity contribution in [1.29, 1.82) is 0 Å². The maximum absolute atomic E-state index is 12.5. The summed E-state index contributed by atoms with van der Waals surface area (Å²) in [6.45, 7) is 4.21. The lowest BCUT2D eigenvalue weighted by molar-refractivity contribution is -0.123. The van der Waals surface area contributed by atoms with Crippen LogP contribution in [0.25, 0.3) is 0 Å². The summed E-state index contributed by atoms with van der Waals surface area (Å²) in [6.07, 6.45) is 109. The average molecular weight is 1120 g/mol. The maximum atomic E-state index is 12.5. The number of unbranched alkanes of at least 4 members (excludes halogenated alkanes) is 39. The molecule has 0 spiro atoms. The van der Waals surface area contributed by atoms with Crippen LogP contribution in [0.3, 0.4) is 0 Å². The Kier molecular flexibility index (Phi) is 68.2. The number of hydrogen-bond acceptors (Lipinski definition) is 3. The van der Waals surface area contributed by atoms with Crippen molar-refractivity contribution in [2.45, 2.75) is 353 Å². The van der Waals surface area contributed by atoms with Gasteiger partial charge in [0.1, 0.15) is 0 Å². The number of aliphatic hydroxyl groups excluding tert-OH is 2. The Balaban J connectivity index is 3.53. The highest BCUT2D eigenvalue weighted by molar-refractivity contribution is 5.76. The van der Waals surface area contributed by atoms with Crippen LogP contribution in [0.4, 0.5) is 0 Å². The van der Waals surface area contributed by atoms with Gasteiger partial charge in [-0.25, -0.2) is 0 Å². The van der Waals surface area contributed by atoms with Gasteiger partial charge in [-0.3, -0.25) is 4.79 Å². The molecule has 0 heterocycles. The van der Waals surface area contributed by atoms with Crippen LogP contribution in [0.1, 0.15) is 341 Å². The van der Waals surface area contributed by atoms with Crippen LogP contribution >= 0.6 is 0 Å². The second kappa shape index (κ2) is 71.1. The number of carbonyl (C=O) groups is 1. The Morgan fingerprint density at radius 3 is 0.864 bits per heavy atom. The van der Waals surface area contributed by atoms with Gasteiger partial charge < -0.3 is 15.5 Å². The molecule has 0 aromatic rings. The van der Waals surface area contributed by atoms with Crippen molar-refractivity contribution in [1.82, 2.24) is 5.32 Å². The molecular weight excluding hydrogens is 987 g/mol. The molecule has 0 bridgehead atoms. The van der Waals surface area contributed by atoms with Crippen LogP contribution in [0, 0.1) is 0 Å². The summed E-state index contributed by atoms with van der Waals surface area (Å²) in [7, 11) is 0. The predicted octanol–water partition coefficient (Wildman–Crippen LogP) is 24.3. The van der Waals surface area contributed by atoms with Crippen molar-refractivity contribution >= 4 is 5.91 Å². The van der Waals surface area contributed by atoms with E-state index in [1.54, 1.807) is 6.08 Å². The molecular formula is C77H135NO3. The van der Waals surface area contributed by atoms with E-state index in [2.05, 4.69) is 129 Å². The molecule has 81 heavy (non-hydrogen) atoms. The van der Waals surface area contributed by atoms with Crippen LogP contribution < -0.4 is 5.32 Å². The van der Waals surface area contributed by atoms with Crippen LogP contribution in [0.2, 0.25) is 0 Å². The van der Waals surface area contributed by atoms with E-state index in [4.69, 9.17) is 0 Å². The Morgan fingerprint density at radius 1 is 0.309 bits per heavy atom. The third-order valence-corrected chi connectivity index (χ3v) is 15.7. The highest BCUT2D eigenvalue weighted by atomic mass is 16.3. The molecule has 0 aromatic heterocycles. The summed E-state index contributed by atoms with van der Waals surface area (Å²) in [4.78, 5) is 12.5. The fraction of sp³-hybridized carbons (Fsp3) is 0.727. The first kappa shape index (κ1) is 77.8. The molecule has 0 radical (unpaired) electrons. The standard InChI is InChI=1S/C77H135NO3/c1-3-5-7-9-11-13-15-17-19-21-23-25-27-29-31-33-35-36-37-38-39-40-41-42-43-45-47-49-51-53-55-57-59-61-63-65-67-69-71-73-77(81)78-75(74-79)76(80)72-70-68-66-64-62-60-58-56-54-52-50-48-46-44-34-32-30-28-26-24-22-20-18-16-14-12-10-8-6-4-2/h5,7,11,13,17,19,23,25,29,31,35-36,38-39,41-42,62,64,70,72,75-76,79-80H,3-4,6,8-10,12,14-16,18,20-22,24,26-28,30,32-34,37,40,43-61,63,65-69,71,73-74H2,1-2H3,(H,78,81)/b7-5-,13-11-,19-17-,25-23-,31-29-,36-35-,39-38-,42-41-,64-62+,72-70+.